The van der Waals surface area contributed by atoms with Gasteiger partial charge in [-0.05, 0) is 150 Å². The molecule has 0 aliphatic heterocycles. The monoisotopic (exact) mass is 956 g/mol. The van der Waals surface area contributed by atoms with Crippen LogP contribution in [0.15, 0.2) is 279 Å². The largest absolute Gasteiger partial charge is 0.311 e. The van der Waals surface area contributed by atoms with E-state index in [1.807, 2.05) is 0 Å². The van der Waals surface area contributed by atoms with Crippen LogP contribution in [-0.4, -0.2) is 4.57 Å². The van der Waals surface area contributed by atoms with Gasteiger partial charge in [-0.1, -0.05) is 226 Å². The van der Waals surface area contributed by atoms with E-state index in [0.29, 0.717) is 0 Å². The van der Waals surface area contributed by atoms with Crippen LogP contribution in [0, 0.1) is 0 Å². The van der Waals surface area contributed by atoms with Crippen LogP contribution in [-0.2, 0) is 5.41 Å². The standard InChI is InChI=1S/C73H52N2/c1-73(2)68-25-9-5-20-64(68)67-24-14-23-63(72(67)73)54-39-45-61(46-40-54)74(60-43-37-52(38-44-60)56-17-13-18-57(47-56)58-34-31-49-15-3-4-16-55(49)48-58)59-41-35-51(36-42-59)50-29-32-53(33-30-50)62-19-6-10-26-69(62)75-70-27-11-7-21-65(70)66-22-8-12-28-71(66)75/h3-48H,1-2H3. The summed E-state index contributed by atoms with van der Waals surface area (Å²) in [4.78, 5) is 2.38. The summed E-state index contributed by atoms with van der Waals surface area (Å²) in [6, 6.07) is 102. The van der Waals surface area contributed by atoms with Crippen LogP contribution in [0.1, 0.15) is 25.0 Å². The maximum atomic E-state index is 2.41. The number of para-hydroxylation sites is 3. The molecule has 0 saturated carbocycles. The summed E-state index contributed by atoms with van der Waals surface area (Å²) in [6.07, 6.45) is 0. The molecule has 13 aromatic rings. The van der Waals surface area contributed by atoms with Crippen molar-refractivity contribution in [1.29, 1.82) is 0 Å². The number of aromatic nitrogens is 1. The zero-order chi connectivity index (χ0) is 50.0. The summed E-state index contributed by atoms with van der Waals surface area (Å²) < 4.78 is 2.41. The minimum atomic E-state index is -0.107. The molecule has 1 heterocycles. The van der Waals surface area contributed by atoms with Crippen LogP contribution in [0.3, 0.4) is 0 Å². The Morgan fingerprint density at radius 3 is 1.39 bits per heavy atom. The molecule has 0 unspecified atom stereocenters. The Labute approximate surface area is 438 Å². The first kappa shape index (κ1) is 44.2. The van der Waals surface area contributed by atoms with Crippen molar-refractivity contribution in [3.05, 3.63) is 290 Å². The SMILES string of the molecule is CC1(C)c2ccccc2-c2cccc(-c3ccc(N(c4ccc(-c5ccc(-c6ccccc6-n6c7ccccc7c7ccccc76)cc5)cc4)c4ccc(-c5cccc(-c6ccc7ccccc7c6)c5)cc4)cc3)c21. The lowest BCUT2D eigenvalue weighted by Gasteiger charge is -2.27. The molecule has 0 atom stereocenters. The minimum absolute atomic E-state index is 0.107. The molecule has 1 aliphatic carbocycles. The first-order valence-electron chi connectivity index (χ1n) is 26.1. The van der Waals surface area contributed by atoms with Gasteiger partial charge >= 0.3 is 0 Å². The fourth-order valence-electron chi connectivity index (χ4n) is 12.1. The minimum Gasteiger partial charge on any atom is -0.311 e. The lowest BCUT2D eigenvalue weighted by molar-refractivity contribution is 0.662. The molecule has 2 nitrogen and oxygen atoms in total. The van der Waals surface area contributed by atoms with E-state index in [1.165, 1.54) is 116 Å². The quantitative estimate of drug-likeness (QED) is 0.140. The predicted molar refractivity (Wildman–Crippen MR) is 318 cm³/mol. The van der Waals surface area contributed by atoms with Gasteiger partial charge in [-0.15, -0.1) is 0 Å². The summed E-state index contributed by atoms with van der Waals surface area (Å²) in [7, 11) is 0. The Balaban J connectivity index is 0.804. The first-order valence-corrected chi connectivity index (χ1v) is 26.1. The summed E-state index contributed by atoms with van der Waals surface area (Å²) >= 11 is 0. The third kappa shape index (κ3) is 7.56. The zero-order valence-corrected chi connectivity index (χ0v) is 42.0. The van der Waals surface area contributed by atoms with Gasteiger partial charge in [0, 0.05) is 38.8 Å². The van der Waals surface area contributed by atoms with Gasteiger partial charge in [-0.25, -0.2) is 0 Å². The van der Waals surface area contributed by atoms with E-state index < -0.39 is 0 Å². The zero-order valence-electron chi connectivity index (χ0n) is 42.0. The molecule has 0 bridgehead atoms. The van der Waals surface area contributed by atoms with Crippen LogP contribution in [0.4, 0.5) is 17.1 Å². The normalized spacial score (nSPS) is 12.5. The van der Waals surface area contributed by atoms with E-state index in [2.05, 4.69) is 302 Å². The molecule has 1 aromatic heterocycles. The lowest BCUT2D eigenvalue weighted by atomic mass is 9.79. The van der Waals surface area contributed by atoms with E-state index in [4.69, 9.17) is 0 Å². The highest BCUT2D eigenvalue weighted by Crippen LogP contribution is 2.52. The average molecular weight is 957 g/mol. The van der Waals surface area contributed by atoms with E-state index in [9.17, 15) is 0 Å². The molecule has 2 heteroatoms. The predicted octanol–water partition coefficient (Wildman–Crippen LogP) is 20.0. The van der Waals surface area contributed by atoms with Gasteiger partial charge in [-0.2, -0.15) is 0 Å². The molecule has 75 heavy (non-hydrogen) atoms. The Bertz CT molecular complexity index is 4240. The van der Waals surface area contributed by atoms with Crippen LogP contribution in [0.2, 0.25) is 0 Å². The molecular formula is C73H52N2. The molecule has 1 aliphatic rings. The molecular weight excluding hydrogens is 905 g/mol. The Hall–Kier alpha value is -9.50. The van der Waals surface area contributed by atoms with E-state index in [1.54, 1.807) is 0 Å². The van der Waals surface area contributed by atoms with Crippen molar-refractivity contribution < 1.29 is 0 Å². The number of anilines is 3. The molecule has 0 amide bonds. The van der Waals surface area contributed by atoms with Crippen molar-refractivity contribution in [1.82, 2.24) is 4.57 Å². The third-order valence-electron chi connectivity index (χ3n) is 15.8. The van der Waals surface area contributed by atoms with Crippen molar-refractivity contribution in [3.8, 4) is 72.4 Å². The molecule has 354 valence electrons. The lowest BCUT2D eigenvalue weighted by Crippen LogP contribution is -2.16. The van der Waals surface area contributed by atoms with E-state index >= 15 is 0 Å². The summed E-state index contributed by atoms with van der Waals surface area (Å²) in [5.74, 6) is 0. The van der Waals surface area contributed by atoms with Gasteiger partial charge < -0.3 is 9.47 Å². The van der Waals surface area contributed by atoms with Crippen LogP contribution in [0.25, 0.3) is 105 Å². The molecule has 0 radical (unpaired) electrons. The Morgan fingerprint density at radius 2 is 0.720 bits per heavy atom. The fraction of sp³-hybridized carbons (Fsp3) is 0.0411. The number of hydrogen-bond acceptors (Lipinski definition) is 1. The number of benzene rings is 12. The van der Waals surface area contributed by atoms with E-state index in [0.717, 1.165) is 17.1 Å². The second-order valence-corrected chi connectivity index (χ2v) is 20.5. The highest BCUT2D eigenvalue weighted by atomic mass is 15.1. The molecule has 0 spiro atoms. The van der Waals surface area contributed by atoms with Crippen molar-refractivity contribution in [2.75, 3.05) is 4.90 Å². The first-order chi connectivity index (χ1) is 36.9. The highest BCUT2D eigenvalue weighted by molar-refractivity contribution is 6.09. The van der Waals surface area contributed by atoms with Gasteiger partial charge in [0.1, 0.15) is 0 Å². The third-order valence-corrected chi connectivity index (χ3v) is 15.8. The summed E-state index contributed by atoms with van der Waals surface area (Å²) in [6.45, 7) is 4.73. The second-order valence-electron chi connectivity index (χ2n) is 20.5. The van der Waals surface area contributed by atoms with Crippen LogP contribution < -0.4 is 4.90 Å². The van der Waals surface area contributed by atoms with Crippen molar-refractivity contribution in [3.63, 3.8) is 0 Å². The van der Waals surface area contributed by atoms with Gasteiger partial charge in [0.15, 0.2) is 0 Å². The van der Waals surface area contributed by atoms with Gasteiger partial charge in [-0.3, -0.25) is 0 Å². The van der Waals surface area contributed by atoms with Crippen molar-refractivity contribution in [2.24, 2.45) is 0 Å². The van der Waals surface area contributed by atoms with Crippen LogP contribution >= 0.6 is 0 Å². The summed E-state index contributed by atoms with van der Waals surface area (Å²) in [5.41, 5.74) is 24.2. The molecule has 0 saturated heterocycles. The fourth-order valence-corrected chi connectivity index (χ4v) is 12.1. The average Bonchev–Trinajstić information content (AvgIpc) is 3.94. The second kappa shape index (κ2) is 17.9. The topological polar surface area (TPSA) is 8.17 Å². The van der Waals surface area contributed by atoms with Crippen molar-refractivity contribution in [2.45, 2.75) is 19.3 Å². The van der Waals surface area contributed by atoms with Gasteiger partial charge in [0.25, 0.3) is 0 Å². The molecule has 0 fully saturated rings. The Kier molecular flexibility index (Phi) is 10.6. The smallest absolute Gasteiger partial charge is 0.0541 e. The van der Waals surface area contributed by atoms with Crippen molar-refractivity contribution >= 4 is 49.6 Å². The number of nitrogens with zero attached hydrogens (tertiary/aromatic N) is 2. The number of hydrogen-bond donors (Lipinski definition) is 0. The van der Waals surface area contributed by atoms with Crippen LogP contribution in [0.5, 0.6) is 0 Å². The Morgan fingerprint density at radius 1 is 0.293 bits per heavy atom. The van der Waals surface area contributed by atoms with Gasteiger partial charge in [0.05, 0.1) is 16.7 Å². The highest BCUT2D eigenvalue weighted by Gasteiger charge is 2.37. The number of fused-ring (bicyclic) bond motifs is 7. The number of rotatable bonds is 9. The molecule has 0 N–H and O–H groups in total. The van der Waals surface area contributed by atoms with E-state index in [-0.39, 0.29) is 5.41 Å². The van der Waals surface area contributed by atoms with Gasteiger partial charge in [0.2, 0.25) is 0 Å². The maximum Gasteiger partial charge on any atom is 0.0541 e. The summed E-state index contributed by atoms with van der Waals surface area (Å²) in [5, 5.41) is 5.03. The molecule has 12 aromatic carbocycles. The molecule has 14 rings (SSSR count). The maximum absolute atomic E-state index is 2.41.